The number of alkyl halides is 3. The second-order valence-electron chi connectivity index (χ2n) is 7.62. The van der Waals surface area contributed by atoms with E-state index in [1.807, 2.05) is 0 Å². The number of hydrogen-bond acceptors (Lipinski definition) is 6. The number of pyridine rings is 1. The molecule has 0 fully saturated rings. The van der Waals surface area contributed by atoms with Crippen molar-refractivity contribution in [3.63, 3.8) is 0 Å². The molecule has 3 aromatic heterocycles. The smallest absolute Gasteiger partial charge is 0.289 e. The number of rotatable bonds is 5. The van der Waals surface area contributed by atoms with Gasteiger partial charge in [0.25, 0.3) is 0 Å². The van der Waals surface area contributed by atoms with Crippen LogP contribution in [0, 0.1) is 24.1 Å². The molecule has 1 atom stereocenters. The van der Waals surface area contributed by atoms with Gasteiger partial charge in [0.2, 0.25) is 10.0 Å². The Morgan fingerprint density at radius 1 is 1.14 bits per heavy atom. The van der Waals surface area contributed by atoms with E-state index in [-0.39, 0.29) is 22.8 Å². The first-order chi connectivity index (χ1) is 16.4. The molecule has 13 heteroatoms. The third-order valence-corrected chi connectivity index (χ3v) is 6.78. The number of halogens is 4. The normalized spacial score (nSPS) is 13.1. The Morgan fingerprint density at radius 2 is 1.89 bits per heavy atom. The Kier molecular flexibility index (Phi) is 6.04. The van der Waals surface area contributed by atoms with E-state index in [9.17, 15) is 31.2 Å². The van der Waals surface area contributed by atoms with Crippen molar-refractivity contribution in [1.29, 1.82) is 5.26 Å². The molecule has 8 nitrogen and oxygen atoms in total. The molecule has 0 spiro atoms. The molecule has 4 rings (SSSR count). The van der Waals surface area contributed by atoms with Crippen molar-refractivity contribution < 1.29 is 26.0 Å². The average Bonchev–Trinajstić information content (AvgIpc) is 3.12. The van der Waals surface area contributed by atoms with Crippen LogP contribution in [0.1, 0.15) is 18.1 Å². The van der Waals surface area contributed by atoms with Gasteiger partial charge in [-0.25, -0.2) is 17.8 Å². The summed E-state index contributed by atoms with van der Waals surface area (Å²) in [4.78, 5) is 11.8. The molecule has 1 N–H and O–H groups in total. The van der Waals surface area contributed by atoms with Crippen LogP contribution in [0.3, 0.4) is 0 Å². The SMILES string of the molecule is Cc1cc2c(C#N)c(-c3ccc(S(=O)(=O)NC(C)C(F)(F)F)cn3)n(-c3cnccn3)c2cc1F. The van der Waals surface area contributed by atoms with Gasteiger partial charge in [-0.05, 0) is 43.7 Å². The van der Waals surface area contributed by atoms with E-state index in [4.69, 9.17) is 0 Å². The van der Waals surface area contributed by atoms with Crippen molar-refractivity contribution in [2.24, 2.45) is 0 Å². The highest BCUT2D eigenvalue weighted by molar-refractivity contribution is 7.89. The van der Waals surface area contributed by atoms with Crippen LogP contribution < -0.4 is 4.72 Å². The number of nitrogens with zero attached hydrogens (tertiary/aromatic N) is 5. The second-order valence-corrected chi connectivity index (χ2v) is 9.33. The molecule has 0 saturated heterocycles. The lowest BCUT2D eigenvalue weighted by atomic mass is 10.1. The maximum Gasteiger partial charge on any atom is 0.404 e. The number of nitrogens with one attached hydrogen (secondary N) is 1. The van der Waals surface area contributed by atoms with Crippen LogP contribution in [0.25, 0.3) is 28.1 Å². The Hall–Kier alpha value is -3.89. The summed E-state index contributed by atoms with van der Waals surface area (Å²) in [5, 5.41) is 10.3. The number of sulfonamides is 1. The van der Waals surface area contributed by atoms with Crippen LogP contribution >= 0.6 is 0 Å². The predicted molar refractivity (Wildman–Crippen MR) is 117 cm³/mol. The van der Waals surface area contributed by atoms with Gasteiger partial charge in [0.15, 0.2) is 5.82 Å². The summed E-state index contributed by atoms with van der Waals surface area (Å²) in [6, 6.07) is 4.82. The summed E-state index contributed by atoms with van der Waals surface area (Å²) in [7, 11) is -4.53. The van der Waals surface area contributed by atoms with Gasteiger partial charge >= 0.3 is 6.18 Å². The first-order valence-corrected chi connectivity index (χ1v) is 11.5. The monoisotopic (exact) mass is 504 g/mol. The van der Waals surface area contributed by atoms with Crippen LogP contribution in [0.5, 0.6) is 0 Å². The maximum absolute atomic E-state index is 14.5. The van der Waals surface area contributed by atoms with Gasteiger partial charge in [0.05, 0.1) is 28.7 Å². The first-order valence-electron chi connectivity index (χ1n) is 10.0. The fraction of sp³-hybridized carbons (Fsp3) is 0.182. The fourth-order valence-corrected chi connectivity index (χ4v) is 4.64. The van der Waals surface area contributed by atoms with Gasteiger partial charge in [-0.2, -0.15) is 23.2 Å². The largest absolute Gasteiger partial charge is 0.404 e. The Labute approximate surface area is 196 Å². The second kappa shape index (κ2) is 8.71. The van der Waals surface area contributed by atoms with Crippen molar-refractivity contribution in [3.05, 3.63) is 66.0 Å². The van der Waals surface area contributed by atoms with Crippen molar-refractivity contribution in [2.45, 2.75) is 31.0 Å². The number of nitriles is 1. The molecule has 0 aliphatic rings. The quantitative estimate of drug-likeness (QED) is 0.411. The van der Waals surface area contributed by atoms with Crippen LogP contribution in [0.15, 0.2) is 53.9 Å². The van der Waals surface area contributed by atoms with Crippen LogP contribution in [-0.4, -0.2) is 40.2 Å². The number of aromatic nitrogens is 4. The van der Waals surface area contributed by atoms with E-state index in [2.05, 4.69) is 21.0 Å². The molecular weight excluding hydrogens is 488 g/mol. The van der Waals surface area contributed by atoms with Crippen LogP contribution in [-0.2, 0) is 10.0 Å². The fourth-order valence-electron chi connectivity index (χ4n) is 3.46. The summed E-state index contributed by atoms with van der Waals surface area (Å²) in [5.74, 6) is -0.271. The van der Waals surface area contributed by atoms with Gasteiger partial charge in [-0.15, -0.1) is 0 Å². The molecule has 35 heavy (non-hydrogen) atoms. The molecule has 0 aliphatic heterocycles. The molecule has 3 heterocycles. The molecular formula is C22H16F4N6O2S. The lowest BCUT2D eigenvalue weighted by molar-refractivity contribution is -0.147. The summed E-state index contributed by atoms with van der Waals surface area (Å²) < 4.78 is 80.7. The highest BCUT2D eigenvalue weighted by atomic mass is 32.2. The van der Waals surface area contributed by atoms with Gasteiger partial charge in [-0.1, -0.05) is 0 Å². The zero-order valence-corrected chi connectivity index (χ0v) is 19.0. The summed E-state index contributed by atoms with van der Waals surface area (Å²) in [6.45, 7) is 2.22. The van der Waals surface area contributed by atoms with Crippen molar-refractivity contribution >= 4 is 20.9 Å². The van der Waals surface area contributed by atoms with Gasteiger partial charge in [0.1, 0.15) is 22.8 Å². The highest BCUT2D eigenvalue weighted by Crippen LogP contribution is 2.36. The van der Waals surface area contributed by atoms with Gasteiger partial charge in [0, 0.05) is 24.0 Å². The number of fused-ring (bicyclic) bond motifs is 1. The number of benzene rings is 1. The zero-order chi connectivity index (χ0) is 25.5. The Morgan fingerprint density at radius 3 is 2.46 bits per heavy atom. The van der Waals surface area contributed by atoms with E-state index in [0.717, 1.165) is 12.3 Å². The Bertz CT molecular complexity index is 1560. The standard InChI is InChI=1S/C22H16F4N6O2S/c1-12-7-15-16(9-27)21(32(19(15)8-17(12)23)20-11-28-5-6-29-20)18-4-3-14(10-30-18)35(33,34)31-13(2)22(24,25)26/h3-8,10-11,13,31H,1-2H3. The van der Waals surface area contributed by atoms with Crippen LogP contribution in [0.4, 0.5) is 17.6 Å². The highest BCUT2D eigenvalue weighted by Gasteiger charge is 2.39. The maximum atomic E-state index is 14.5. The van der Waals surface area contributed by atoms with E-state index in [0.29, 0.717) is 23.4 Å². The Balaban J connectivity index is 1.90. The molecule has 0 amide bonds. The summed E-state index contributed by atoms with van der Waals surface area (Å²) in [5.41, 5.74) is 1.04. The summed E-state index contributed by atoms with van der Waals surface area (Å²) in [6.07, 6.45) is 0.332. The van der Waals surface area contributed by atoms with Gasteiger partial charge in [-0.3, -0.25) is 14.5 Å². The zero-order valence-electron chi connectivity index (χ0n) is 18.2. The topological polar surface area (TPSA) is 114 Å². The molecule has 0 radical (unpaired) electrons. The molecule has 4 aromatic rings. The molecule has 1 aromatic carbocycles. The minimum absolute atomic E-state index is 0.115. The molecule has 0 saturated carbocycles. The number of hydrogen-bond donors (Lipinski definition) is 1. The van der Waals surface area contributed by atoms with E-state index in [1.54, 1.807) is 11.6 Å². The van der Waals surface area contributed by atoms with E-state index in [1.165, 1.54) is 41.4 Å². The first kappa shape index (κ1) is 24.2. The van der Waals surface area contributed by atoms with Crippen LogP contribution in [0.2, 0.25) is 0 Å². The lowest BCUT2D eigenvalue weighted by Crippen LogP contribution is -2.42. The number of aryl methyl sites for hydroxylation is 1. The minimum atomic E-state index is -4.77. The molecule has 0 bridgehead atoms. The molecule has 0 aliphatic carbocycles. The van der Waals surface area contributed by atoms with E-state index < -0.39 is 33.0 Å². The average molecular weight is 504 g/mol. The van der Waals surface area contributed by atoms with Gasteiger partial charge < -0.3 is 0 Å². The predicted octanol–water partition coefficient (Wildman–Crippen LogP) is 4.03. The van der Waals surface area contributed by atoms with Crippen molar-refractivity contribution in [2.75, 3.05) is 0 Å². The molecule has 180 valence electrons. The van der Waals surface area contributed by atoms with Crippen molar-refractivity contribution in [1.82, 2.24) is 24.2 Å². The van der Waals surface area contributed by atoms with E-state index >= 15 is 0 Å². The summed E-state index contributed by atoms with van der Waals surface area (Å²) >= 11 is 0. The molecule has 1 unspecified atom stereocenters. The lowest BCUT2D eigenvalue weighted by Gasteiger charge is -2.17. The third kappa shape index (κ3) is 4.45. The van der Waals surface area contributed by atoms with Crippen molar-refractivity contribution in [3.8, 4) is 23.3 Å². The third-order valence-electron chi connectivity index (χ3n) is 5.25. The minimum Gasteiger partial charge on any atom is -0.289 e.